The van der Waals surface area contributed by atoms with Gasteiger partial charge >= 0.3 is 0 Å². The molecule has 1 aliphatic rings. The van der Waals surface area contributed by atoms with Gasteiger partial charge in [-0.25, -0.2) is 0 Å². The number of benzene rings is 2. The number of phenols is 1. The van der Waals surface area contributed by atoms with Gasteiger partial charge in [-0.1, -0.05) is 24.3 Å². The molecule has 1 aliphatic heterocycles. The van der Waals surface area contributed by atoms with Gasteiger partial charge in [0.25, 0.3) is 0 Å². The molecule has 4 nitrogen and oxygen atoms in total. The standard InChI is InChI=1S/C20H26N2O2/c1-24-20-4-2-3-18(15-20)16-22-13-11-21(12-14-22)10-9-17-5-7-19(23)8-6-17/h2-8,15,23H,9-14,16H2,1H3. The molecule has 0 aromatic heterocycles. The highest BCUT2D eigenvalue weighted by molar-refractivity contribution is 5.28. The Hall–Kier alpha value is -2.04. The number of ether oxygens (including phenoxy) is 1. The fourth-order valence-corrected chi connectivity index (χ4v) is 3.15. The van der Waals surface area contributed by atoms with Crippen LogP contribution in [0.3, 0.4) is 0 Å². The lowest BCUT2D eigenvalue weighted by Gasteiger charge is -2.34. The fraction of sp³-hybridized carbons (Fsp3) is 0.400. The molecule has 0 saturated carbocycles. The first-order valence-corrected chi connectivity index (χ1v) is 8.58. The topological polar surface area (TPSA) is 35.9 Å². The maximum atomic E-state index is 9.33. The van der Waals surface area contributed by atoms with Crippen molar-refractivity contribution in [3.8, 4) is 11.5 Å². The van der Waals surface area contributed by atoms with Crippen molar-refractivity contribution in [3.63, 3.8) is 0 Å². The SMILES string of the molecule is COc1cccc(CN2CCN(CCc3ccc(O)cc3)CC2)c1. The lowest BCUT2D eigenvalue weighted by Crippen LogP contribution is -2.46. The minimum Gasteiger partial charge on any atom is -0.508 e. The van der Waals surface area contributed by atoms with E-state index >= 15 is 0 Å². The van der Waals surface area contributed by atoms with Crippen LogP contribution in [0, 0.1) is 0 Å². The van der Waals surface area contributed by atoms with Gasteiger partial charge in [0.05, 0.1) is 7.11 Å². The summed E-state index contributed by atoms with van der Waals surface area (Å²) in [6.45, 7) is 6.50. The number of aromatic hydroxyl groups is 1. The Balaban J connectivity index is 1.42. The van der Waals surface area contributed by atoms with Gasteiger partial charge in [-0.05, 0) is 41.8 Å². The number of nitrogens with zero attached hydrogens (tertiary/aromatic N) is 2. The van der Waals surface area contributed by atoms with Gasteiger partial charge in [0, 0.05) is 39.3 Å². The summed E-state index contributed by atoms with van der Waals surface area (Å²) in [5, 5.41) is 9.33. The molecular formula is C20H26N2O2. The Morgan fingerprint density at radius 1 is 0.917 bits per heavy atom. The molecular weight excluding hydrogens is 300 g/mol. The average molecular weight is 326 g/mol. The van der Waals surface area contributed by atoms with E-state index in [1.54, 1.807) is 19.2 Å². The molecule has 1 fully saturated rings. The lowest BCUT2D eigenvalue weighted by atomic mass is 10.1. The second kappa shape index (κ2) is 8.18. The normalized spacial score (nSPS) is 16.2. The maximum Gasteiger partial charge on any atom is 0.119 e. The molecule has 0 radical (unpaired) electrons. The van der Waals surface area contributed by atoms with Crippen molar-refractivity contribution in [2.45, 2.75) is 13.0 Å². The first kappa shape index (κ1) is 16.8. The largest absolute Gasteiger partial charge is 0.508 e. The summed E-state index contributed by atoms with van der Waals surface area (Å²) in [5.41, 5.74) is 2.60. The zero-order valence-electron chi connectivity index (χ0n) is 14.3. The number of piperazine rings is 1. The number of hydrogen-bond donors (Lipinski definition) is 1. The molecule has 0 atom stereocenters. The van der Waals surface area contributed by atoms with Crippen LogP contribution < -0.4 is 4.74 Å². The van der Waals surface area contributed by atoms with E-state index in [4.69, 9.17) is 4.74 Å². The van der Waals surface area contributed by atoms with E-state index in [-0.39, 0.29) is 0 Å². The smallest absolute Gasteiger partial charge is 0.119 e. The van der Waals surface area contributed by atoms with Crippen molar-refractivity contribution in [1.29, 1.82) is 0 Å². The van der Waals surface area contributed by atoms with Crippen LogP contribution in [-0.2, 0) is 13.0 Å². The van der Waals surface area contributed by atoms with Crippen LogP contribution in [0.4, 0.5) is 0 Å². The van der Waals surface area contributed by atoms with Crippen LogP contribution in [0.2, 0.25) is 0 Å². The molecule has 24 heavy (non-hydrogen) atoms. The van der Waals surface area contributed by atoms with Crippen LogP contribution in [-0.4, -0.2) is 54.7 Å². The molecule has 128 valence electrons. The van der Waals surface area contributed by atoms with Crippen molar-refractivity contribution in [2.24, 2.45) is 0 Å². The van der Waals surface area contributed by atoms with Gasteiger partial charge in [0.1, 0.15) is 11.5 Å². The summed E-state index contributed by atoms with van der Waals surface area (Å²) < 4.78 is 5.30. The van der Waals surface area contributed by atoms with Crippen LogP contribution in [0.25, 0.3) is 0 Å². The molecule has 4 heteroatoms. The first-order valence-electron chi connectivity index (χ1n) is 8.58. The third-order valence-electron chi connectivity index (χ3n) is 4.66. The predicted octanol–water partition coefficient (Wildman–Crippen LogP) is 2.76. The van der Waals surface area contributed by atoms with Crippen molar-refractivity contribution >= 4 is 0 Å². The monoisotopic (exact) mass is 326 g/mol. The minimum absolute atomic E-state index is 0.338. The molecule has 0 amide bonds. The van der Waals surface area contributed by atoms with Gasteiger partial charge in [-0.15, -0.1) is 0 Å². The summed E-state index contributed by atoms with van der Waals surface area (Å²) in [6.07, 6.45) is 1.04. The first-order chi connectivity index (χ1) is 11.7. The van der Waals surface area contributed by atoms with Gasteiger partial charge in [0.15, 0.2) is 0 Å². The highest BCUT2D eigenvalue weighted by atomic mass is 16.5. The number of hydrogen-bond acceptors (Lipinski definition) is 4. The van der Waals surface area contributed by atoms with E-state index in [2.05, 4.69) is 28.0 Å². The molecule has 2 aromatic rings. The van der Waals surface area contributed by atoms with E-state index in [0.717, 1.165) is 51.4 Å². The molecule has 0 bridgehead atoms. The van der Waals surface area contributed by atoms with Crippen molar-refractivity contribution in [1.82, 2.24) is 9.80 Å². The lowest BCUT2D eigenvalue weighted by molar-refractivity contribution is 0.128. The Bertz CT molecular complexity index is 634. The number of phenolic OH excluding ortho intramolecular Hbond substituents is 1. The molecule has 1 heterocycles. The second-order valence-corrected chi connectivity index (χ2v) is 6.39. The van der Waals surface area contributed by atoms with Crippen LogP contribution in [0.15, 0.2) is 48.5 Å². The van der Waals surface area contributed by atoms with Gasteiger partial charge in [0.2, 0.25) is 0 Å². The zero-order valence-corrected chi connectivity index (χ0v) is 14.3. The second-order valence-electron chi connectivity index (χ2n) is 6.39. The van der Waals surface area contributed by atoms with E-state index in [1.807, 2.05) is 18.2 Å². The number of rotatable bonds is 6. The van der Waals surface area contributed by atoms with E-state index < -0.39 is 0 Å². The average Bonchev–Trinajstić information content (AvgIpc) is 2.63. The van der Waals surface area contributed by atoms with Crippen molar-refractivity contribution in [3.05, 3.63) is 59.7 Å². The summed E-state index contributed by atoms with van der Waals surface area (Å²) in [6, 6.07) is 15.9. The molecule has 0 unspecified atom stereocenters. The van der Waals surface area contributed by atoms with Crippen molar-refractivity contribution < 1.29 is 9.84 Å². The Morgan fingerprint density at radius 3 is 2.33 bits per heavy atom. The van der Waals surface area contributed by atoms with Crippen molar-refractivity contribution in [2.75, 3.05) is 39.8 Å². The van der Waals surface area contributed by atoms with Crippen LogP contribution in [0.5, 0.6) is 11.5 Å². The highest BCUT2D eigenvalue weighted by Crippen LogP contribution is 2.16. The van der Waals surface area contributed by atoms with E-state index in [0.29, 0.717) is 5.75 Å². The Labute approximate surface area is 144 Å². The highest BCUT2D eigenvalue weighted by Gasteiger charge is 2.16. The van der Waals surface area contributed by atoms with Gasteiger partial charge in [-0.3, -0.25) is 4.90 Å². The summed E-state index contributed by atoms with van der Waals surface area (Å²) in [5.74, 6) is 1.27. The minimum atomic E-state index is 0.338. The van der Waals surface area contributed by atoms with Crippen LogP contribution in [0.1, 0.15) is 11.1 Å². The molecule has 0 aliphatic carbocycles. The number of methoxy groups -OCH3 is 1. The zero-order chi connectivity index (χ0) is 16.8. The molecule has 2 aromatic carbocycles. The predicted molar refractivity (Wildman–Crippen MR) is 96.5 cm³/mol. The van der Waals surface area contributed by atoms with Gasteiger partial charge < -0.3 is 14.7 Å². The quantitative estimate of drug-likeness (QED) is 0.885. The molecule has 0 spiro atoms. The molecule has 1 N–H and O–H groups in total. The fourth-order valence-electron chi connectivity index (χ4n) is 3.15. The van der Waals surface area contributed by atoms with E-state index in [9.17, 15) is 5.11 Å². The Morgan fingerprint density at radius 2 is 1.62 bits per heavy atom. The van der Waals surface area contributed by atoms with Gasteiger partial charge in [-0.2, -0.15) is 0 Å². The van der Waals surface area contributed by atoms with Crippen LogP contribution >= 0.6 is 0 Å². The molecule has 1 saturated heterocycles. The maximum absolute atomic E-state index is 9.33. The summed E-state index contributed by atoms with van der Waals surface area (Å²) >= 11 is 0. The summed E-state index contributed by atoms with van der Waals surface area (Å²) in [7, 11) is 1.71. The molecule has 3 rings (SSSR count). The summed E-state index contributed by atoms with van der Waals surface area (Å²) in [4.78, 5) is 5.03. The van der Waals surface area contributed by atoms with E-state index in [1.165, 1.54) is 11.1 Å². The third kappa shape index (κ3) is 4.73. The Kier molecular flexibility index (Phi) is 5.72. The third-order valence-corrected chi connectivity index (χ3v) is 4.66.